The molecule has 0 aliphatic heterocycles. The zero-order valence-electron chi connectivity index (χ0n) is 9.32. The molecule has 0 atom stereocenters. The molecule has 0 unspecified atom stereocenters. The average molecular weight is 208 g/mol. The van der Waals surface area contributed by atoms with Crippen molar-refractivity contribution >= 4 is 0 Å². The molecule has 0 aliphatic carbocycles. The standard InChI is InChI=1S/C12H17NO2/c1-4-7-13-9-10-8-11(14-2)5-6-12(10)15-3/h4-6,8,13H,1,7,9H2,2-3H3/p+1. The lowest BCUT2D eigenvalue weighted by atomic mass is 10.2. The van der Waals surface area contributed by atoms with E-state index in [4.69, 9.17) is 9.47 Å². The smallest absolute Gasteiger partial charge is 0.127 e. The summed E-state index contributed by atoms with van der Waals surface area (Å²) in [4.78, 5) is 0. The van der Waals surface area contributed by atoms with Crippen LogP contribution in [0.2, 0.25) is 0 Å². The van der Waals surface area contributed by atoms with Crippen LogP contribution in [0.1, 0.15) is 5.56 Å². The Bertz CT molecular complexity index is 323. The summed E-state index contributed by atoms with van der Waals surface area (Å²) in [6.07, 6.45) is 1.88. The summed E-state index contributed by atoms with van der Waals surface area (Å²) >= 11 is 0. The first-order chi connectivity index (χ1) is 7.31. The number of rotatable bonds is 6. The molecule has 0 radical (unpaired) electrons. The maximum Gasteiger partial charge on any atom is 0.127 e. The topological polar surface area (TPSA) is 35.1 Å². The summed E-state index contributed by atoms with van der Waals surface area (Å²) in [7, 11) is 3.35. The lowest BCUT2D eigenvalue weighted by Gasteiger charge is -2.08. The number of hydrogen-bond acceptors (Lipinski definition) is 2. The van der Waals surface area contributed by atoms with Gasteiger partial charge in [0.2, 0.25) is 0 Å². The minimum absolute atomic E-state index is 0.859. The molecule has 3 heteroatoms. The summed E-state index contributed by atoms with van der Waals surface area (Å²) in [6, 6.07) is 5.82. The molecule has 2 N–H and O–H groups in total. The molecule has 0 saturated heterocycles. The highest BCUT2D eigenvalue weighted by Crippen LogP contribution is 2.22. The molecule has 82 valence electrons. The van der Waals surface area contributed by atoms with Crippen molar-refractivity contribution < 1.29 is 14.8 Å². The van der Waals surface area contributed by atoms with E-state index in [-0.39, 0.29) is 0 Å². The van der Waals surface area contributed by atoms with Crippen LogP contribution in [0.15, 0.2) is 30.9 Å². The van der Waals surface area contributed by atoms with E-state index in [2.05, 4.69) is 11.9 Å². The molecule has 0 aromatic heterocycles. The van der Waals surface area contributed by atoms with Gasteiger partial charge >= 0.3 is 0 Å². The minimum atomic E-state index is 0.859. The average Bonchev–Trinajstić information content (AvgIpc) is 2.29. The Labute approximate surface area is 90.7 Å². The Morgan fingerprint density at radius 2 is 2.13 bits per heavy atom. The van der Waals surface area contributed by atoms with Crippen molar-refractivity contribution in [2.75, 3.05) is 20.8 Å². The monoisotopic (exact) mass is 208 g/mol. The molecule has 0 spiro atoms. The van der Waals surface area contributed by atoms with E-state index >= 15 is 0 Å². The first-order valence-electron chi connectivity index (χ1n) is 4.95. The normalized spacial score (nSPS) is 9.73. The molecule has 1 aromatic rings. The molecule has 1 aromatic carbocycles. The van der Waals surface area contributed by atoms with Crippen molar-refractivity contribution in [2.45, 2.75) is 6.54 Å². The van der Waals surface area contributed by atoms with Gasteiger partial charge in [-0.25, -0.2) is 0 Å². The summed E-state index contributed by atoms with van der Waals surface area (Å²) in [5.41, 5.74) is 1.14. The predicted molar refractivity (Wildman–Crippen MR) is 60.2 cm³/mol. The molecule has 0 bridgehead atoms. The highest BCUT2D eigenvalue weighted by molar-refractivity contribution is 5.39. The fourth-order valence-electron chi connectivity index (χ4n) is 1.40. The number of ether oxygens (including phenoxy) is 2. The van der Waals surface area contributed by atoms with Crippen LogP contribution in [0.4, 0.5) is 0 Å². The molecule has 0 fully saturated rings. The van der Waals surface area contributed by atoms with E-state index < -0.39 is 0 Å². The summed E-state index contributed by atoms with van der Waals surface area (Å²) in [5, 5.41) is 2.16. The van der Waals surface area contributed by atoms with Gasteiger partial charge in [-0.15, -0.1) is 0 Å². The van der Waals surface area contributed by atoms with E-state index in [0.717, 1.165) is 30.2 Å². The quantitative estimate of drug-likeness (QED) is 0.558. The van der Waals surface area contributed by atoms with Gasteiger partial charge in [-0.1, -0.05) is 6.58 Å². The maximum atomic E-state index is 5.27. The fourth-order valence-corrected chi connectivity index (χ4v) is 1.40. The highest BCUT2D eigenvalue weighted by atomic mass is 16.5. The van der Waals surface area contributed by atoms with Crippen molar-refractivity contribution in [2.24, 2.45) is 0 Å². The SMILES string of the molecule is C=CC[NH2+]Cc1cc(OC)ccc1OC. The van der Waals surface area contributed by atoms with Crippen LogP contribution in [-0.4, -0.2) is 20.8 Å². The van der Waals surface area contributed by atoms with Crippen molar-refractivity contribution in [1.29, 1.82) is 0 Å². The van der Waals surface area contributed by atoms with Crippen molar-refractivity contribution in [3.8, 4) is 11.5 Å². The van der Waals surface area contributed by atoms with Gasteiger partial charge in [-0.2, -0.15) is 0 Å². The summed E-state index contributed by atoms with van der Waals surface area (Å²) in [5.74, 6) is 1.76. The highest BCUT2D eigenvalue weighted by Gasteiger charge is 2.05. The van der Waals surface area contributed by atoms with E-state index in [9.17, 15) is 0 Å². The second kappa shape index (κ2) is 6.09. The number of nitrogens with two attached hydrogens (primary N) is 1. The molecule has 1 rings (SSSR count). The van der Waals surface area contributed by atoms with Crippen LogP contribution in [0, 0.1) is 0 Å². The zero-order chi connectivity index (χ0) is 11.1. The third kappa shape index (κ3) is 3.29. The summed E-state index contributed by atoms with van der Waals surface area (Å²) < 4.78 is 10.4. The summed E-state index contributed by atoms with van der Waals surface area (Å²) in [6.45, 7) is 5.45. The Morgan fingerprint density at radius 3 is 2.73 bits per heavy atom. The van der Waals surface area contributed by atoms with Gasteiger partial charge in [0.1, 0.15) is 18.0 Å². The van der Waals surface area contributed by atoms with Crippen molar-refractivity contribution in [1.82, 2.24) is 0 Å². The third-order valence-electron chi connectivity index (χ3n) is 2.19. The van der Waals surface area contributed by atoms with Crippen LogP contribution in [0.5, 0.6) is 11.5 Å². The van der Waals surface area contributed by atoms with Crippen LogP contribution < -0.4 is 14.8 Å². The molecule has 0 amide bonds. The zero-order valence-corrected chi connectivity index (χ0v) is 9.32. The first-order valence-corrected chi connectivity index (χ1v) is 4.95. The van der Waals surface area contributed by atoms with Gasteiger partial charge in [0.25, 0.3) is 0 Å². The largest absolute Gasteiger partial charge is 0.497 e. The minimum Gasteiger partial charge on any atom is -0.497 e. The Morgan fingerprint density at radius 1 is 1.33 bits per heavy atom. The van der Waals surface area contributed by atoms with Crippen molar-refractivity contribution in [3.63, 3.8) is 0 Å². The van der Waals surface area contributed by atoms with E-state index in [1.165, 1.54) is 0 Å². The molecule has 0 aliphatic rings. The van der Waals surface area contributed by atoms with Gasteiger partial charge in [-0.3, -0.25) is 0 Å². The second-order valence-electron chi connectivity index (χ2n) is 3.19. The first kappa shape index (κ1) is 11.6. The van der Waals surface area contributed by atoms with Gasteiger partial charge < -0.3 is 14.8 Å². The van der Waals surface area contributed by atoms with Gasteiger partial charge in [0.05, 0.1) is 26.3 Å². The third-order valence-corrected chi connectivity index (χ3v) is 2.19. The number of hydrogen-bond donors (Lipinski definition) is 1. The maximum absolute atomic E-state index is 5.27. The van der Waals surface area contributed by atoms with E-state index in [1.54, 1.807) is 14.2 Å². The van der Waals surface area contributed by atoms with Crippen LogP contribution in [-0.2, 0) is 6.54 Å². The molecule has 15 heavy (non-hydrogen) atoms. The van der Waals surface area contributed by atoms with Crippen LogP contribution >= 0.6 is 0 Å². The van der Waals surface area contributed by atoms with Crippen LogP contribution in [0.25, 0.3) is 0 Å². The fraction of sp³-hybridized carbons (Fsp3) is 0.333. The van der Waals surface area contributed by atoms with Gasteiger partial charge in [0, 0.05) is 0 Å². The van der Waals surface area contributed by atoms with E-state index in [0.29, 0.717) is 0 Å². The Hall–Kier alpha value is -1.48. The van der Waals surface area contributed by atoms with Gasteiger partial charge in [-0.05, 0) is 24.3 Å². The number of benzene rings is 1. The lowest BCUT2D eigenvalue weighted by Crippen LogP contribution is -2.82. The molecular formula is C12H18NO2+. The van der Waals surface area contributed by atoms with Gasteiger partial charge in [0.15, 0.2) is 0 Å². The predicted octanol–water partition coefficient (Wildman–Crippen LogP) is 0.953. The molecule has 0 heterocycles. The van der Waals surface area contributed by atoms with Crippen molar-refractivity contribution in [3.05, 3.63) is 36.4 Å². The van der Waals surface area contributed by atoms with E-state index in [1.807, 2.05) is 24.3 Å². The molecule has 0 saturated carbocycles. The molecule has 3 nitrogen and oxygen atoms in total. The van der Waals surface area contributed by atoms with Crippen LogP contribution in [0.3, 0.4) is 0 Å². The Kier molecular flexibility index (Phi) is 4.71. The lowest BCUT2D eigenvalue weighted by molar-refractivity contribution is -0.662. The molecular weight excluding hydrogens is 190 g/mol. The number of quaternary nitrogens is 1. The Balaban J connectivity index is 2.76. The number of methoxy groups -OCH3 is 2. The second-order valence-corrected chi connectivity index (χ2v) is 3.19.